The van der Waals surface area contributed by atoms with Crippen molar-refractivity contribution in [3.05, 3.63) is 29.6 Å². The van der Waals surface area contributed by atoms with E-state index in [1.54, 1.807) is 19.9 Å². The monoisotopic (exact) mass is 296 g/mol. The second kappa shape index (κ2) is 7.73. The number of anilines is 1. The Labute approximate surface area is 123 Å². The lowest BCUT2D eigenvalue weighted by atomic mass is 10.1. The third kappa shape index (κ3) is 5.15. The van der Waals surface area contributed by atoms with Crippen molar-refractivity contribution in [2.24, 2.45) is 0 Å². The summed E-state index contributed by atoms with van der Waals surface area (Å²) in [6.07, 6.45) is 1.13. The zero-order chi connectivity index (χ0) is 16.0. The molecule has 0 radical (unpaired) electrons. The van der Waals surface area contributed by atoms with E-state index < -0.39 is 29.8 Å². The van der Waals surface area contributed by atoms with E-state index in [9.17, 15) is 14.0 Å². The predicted octanol–water partition coefficient (Wildman–Crippen LogP) is 2.30. The maximum absolute atomic E-state index is 13.2. The molecule has 1 aromatic rings. The second-order valence-corrected chi connectivity index (χ2v) is 5.02. The zero-order valence-electron chi connectivity index (χ0n) is 12.4. The third-order valence-corrected chi connectivity index (χ3v) is 3.18. The van der Waals surface area contributed by atoms with Gasteiger partial charge >= 0.3 is 5.97 Å². The highest BCUT2D eigenvalue weighted by Crippen LogP contribution is 2.16. The van der Waals surface area contributed by atoms with Gasteiger partial charge in [-0.3, -0.25) is 14.9 Å². The number of halogens is 1. The van der Waals surface area contributed by atoms with Crippen LogP contribution in [0.25, 0.3) is 0 Å². The first-order valence-corrected chi connectivity index (χ1v) is 6.91. The van der Waals surface area contributed by atoms with E-state index in [4.69, 9.17) is 5.11 Å². The molecule has 0 heterocycles. The van der Waals surface area contributed by atoms with Gasteiger partial charge in [-0.15, -0.1) is 0 Å². The Morgan fingerprint density at radius 2 is 2.05 bits per heavy atom. The molecule has 0 fully saturated rings. The zero-order valence-corrected chi connectivity index (χ0v) is 12.4. The summed E-state index contributed by atoms with van der Waals surface area (Å²) in [5.41, 5.74) is 1.12. The molecule has 0 aromatic heterocycles. The van der Waals surface area contributed by atoms with Crippen LogP contribution in [0.15, 0.2) is 18.2 Å². The van der Waals surface area contributed by atoms with Crippen LogP contribution < -0.4 is 10.6 Å². The highest BCUT2D eigenvalue weighted by Gasteiger charge is 2.22. The molecular formula is C15H21FN2O3. The second-order valence-electron chi connectivity index (χ2n) is 5.02. The van der Waals surface area contributed by atoms with Crippen molar-refractivity contribution < 1.29 is 19.1 Å². The summed E-state index contributed by atoms with van der Waals surface area (Å²) in [4.78, 5) is 23.1. The fourth-order valence-electron chi connectivity index (χ4n) is 1.91. The summed E-state index contributed by atoms with van der Waals surface area (Å²) in [7, 11) is 0. The molecule has 0 aliphatic heterocycles. The quantitative estimate of drug-likeness (QED) is 0.721. The standard InChI is InChI=1S/C15H21FN2O3/c1-4-5-12(15(20)21)17-10(3)14(19)18-13-8-11(16)7-6-9(13)2/h6-8,10,12,17H,4-5H2,1-3H3,(H,18,19)(H,20,21). The number of carbonyl (C=O) groups is 2. The van der Waals surface area contributed by atoms with Crippen LogP contribution >= 0.6 is 0 Å². The van der Waals surface area contributed by atoms with E-state index in [-0.39, 0.29) is 0 Å². The van der Waals surface area contributed by atoms with E-state index >= 15 is 0 Å². The molecular weight excluding hydrogens is 275 g/mol. The van der Waals surface area contributed by atoms with Crippen LogP contribution in [-0.2, 0) is 9.59 Å². The molecule has 2 unspecified atom stereocenters. The van der Waals surface area contributed by atoms with Crippen molar-refractivity contribution in [2.75, 3.05) is 5.32 Å². The summed E-state index contributed by atoms with van der Waals surface area (Å²) in [5, 5.41) is 14.4. The molecule has 0 bridgehead atoms. The van der Waals surface area contributed by atoms with E-state index in [2.05, 4.69) is 10.6 Å². The number of aliphatic carboxylic acids is 1. The van der Waals surface area contributed by atoms with Crippen molar-refractivity contribution in [1.82, 2.24) is 5.32 Å². The maximum Gasteiger partial charge on any atom is 0.320 e. The number of carbonyl (C=O) groups excluding carboxylic acids is 1. The number of hydrogen-bond acceptors (Lipinski definition) is 3. The van der Waals surface area contributed by atoms with Gasteiger partial charge in [-0.25, -0.2) is 4.39 Å². The first-order chi connectivity index (χ1) is 9.85. The van der Waals surface area contributed by atoms with Gasteiger partial charge in [0.05, 0.1) is 6.04 Å². The van der Waals surface area contributed by atoms with Gasteiger partial charge in [-0.05, 0) is 38.0 Å². The first kappa shape index (κ1) is 17.1. The fraction of sp³-hybridized carbons (Fsp3) is 0.467. The van der Waals surface area contributed by atoms with Gasteiger partial charge in [0.25, 0.3) is 0 Å². The van der Waals surface area contributed by atoms with E-state index in [1.165, 1.54) is 12.1 Å². The molecule has 1 amide bonds. The molecule has 3 N–H and O–H groups in total. The smallest absolute Gasteiger partial charge is 0.320 e. The van der Waals surface area contributed by atoms with E-state index in [1.807, 2.05) is 6.92 Å². The molecule has 0 saturated carbocycles. The van der Waals surface area contributed by atoms with Crippen LogP contribution in [0.1, 0.15) is 32.3 Å². The largest absolute Gasteiger partial charge is 0.480 e. The third-order valence-electron chi connectivity index (χ3n) is 3.18. The van der Waals surface area contributed by atoms with E-state index in [0.29, 0.717) is 18.5 Å². The molecule has 21 heavy (non-hydrogen) atoms. The van der Waals surface area contributed by atoms with Crippen molar-refractivity contribution in [3.8, 4) is 0 Å². The maximum atomic E-state index is 13.2. The van der Waals surface area contributed by atoms with Crippen LogP contribution in [-0.4, -0.2) is 29.1 Å². The number of aryl methyl sites for hydroxylation is 1. The van der Waals surface area contributed by atoms with Gasteiger partial charge in [0, 0.05) is 5.69 Å². The topological polar surface area (TPSA) is 78.4 Å². The first-order valence-electron chi connectivity index (χ1n) is 6.91. The van der Waals surface area contributed by atoms with Crippen molar-refractivity contribution in [1.29, 1.82) is 0 Å². The molecule has 2 atom stereocenters. The normalized spacial score (nSPS) is 13.5. The number of amides is 1. The minimum atomic E-state index is -0.988. The molecule has 0 saturated heterocycles. The minimum absolute atomic E-state index is 0.385. The predicted molar refractivity (Wildman–Crippen MR) is 78.7 cm³/mol. The highest BCUT2D eigenvalue weighted by atomic mass is 19.1. The number of nitrogens with one attached hydrogen (secondary N) is 2. The molecule has 0 aliphatic rings. The molecule has 6 heteroatoms. The van der Waals surface area contributed by atoms with Gasteiger partial charge in [-0.1, -0.05) is 19.4 Å². The summed E-state index contributed by atoms with van der Waals surface area (Å²) >= 11 is 0. The van der Waals surface area contributed by atoms with Crippen LogP contribution in [0.2, 0.25) is 0 Å². The number of carboxylic acid groups (broad SMARTS) is 1. The Morgan fingerprint density at radius 1 is 1.38 bits per heavy atom. The average Bonchev–Trinajstić information content (AvgIpc) is 2.42. The fourth-order valence-corrected chi connectivity index (χ4v) is 1.91. The Hall–Kier alpha value is -1.95. The van der Waals surface area contributed by atoms with Crippen molar-refractivity contribution >= 4 is 17.6 Å². The molecule has 116 valence electrons. The number of hydrogen-bond donors (Lipinski definition) is 3. The summed E-state index contributed by atoms with van der Waals surface area (Å²) in [6, 6.07) is 2.65. The van der Waals surface area contributed by atoms with Crippen LogP contribution in [0.3, 0.4) is 0 Å². The molecule has 1 rings (SSSR count). The van der Waals surface area contributed by atoms with Gasteiger partial charge in [-0.2, -0.15) is 0 Å². The molecule has 0 spiro atoms. The van der Waals surface area contributed by atoms with Crippen LogP contribution in [0.5, 0.6) is 0 Å². The Morgan fingerprint density at radius 3 is 2.62 bits per heavy atom. The number of rotatable bonds is 7. The number of carboxylic acids is 1. The lowest BCUT2D eigenvalue weighted by Gasteiger charge is -2.20. The molecule has 1 aromatic carbocycles. The Kier molecular flexibility index (Phi) is 6.30. The molecule has 0 aliphatic carbocycles. The summed E-state index contributed by atoms with van der Waals surface area (Å²) < 4.78 is 13.2. The van der Waals surface area contributed by atoms with Crippen LogP contribution in [0, 0.1) is 12.7 Å². The van der Waals surface area contributed by atoms with Gasteiger partial charge < -0.3 is 10.4 Å². The lowest BCUT2D eigenvalue weighted by Crippen LogP contribution is -2.47. The minimum Gasteiger partial charge on any atom is -0.480 e. The number of benzene rings is 1. The van der Waals surface area contributed by atoms with Crippen LogP contribution in [0.4, 0.5) is 10.1 Å². The summed E-state index contributed by atoms with van der Waals surface area (Å²) in [6.45, 7) is 5.21. The lowest BCUT2D eigenvalue weighted by molar-refractivity contribution is -0.140. The van der Waals surface area contributed by atoms with Gasteiger partial charge in [0.1, 0.15) is 11.9 Å². The Balaban J connectivity index is 2.70. The van der Waals surface area contributed by atoms with Gasteiger partial charge in [0.2, 0.25) is 5.91 Å². The average molecular weight is 296 g/mol. The molecule has 5 nitrogen and oxygen atoms in total. The Bertz CT molecular complexity index is 520. The summed E-state index contributed by atoms with van der Waals surface area (Å²) in [5.74, 6) is -1.82. The van der Waals surface area contributed by atoms with E-state index in [0.717, 1.165) is 5.56 Å². The van der Waals surface area contributed by atoms with Crippen molar-refractivity contribution in [2.45, 2.75) is 45.7 Å². The highest BCUT2D eigenvalue weighted by molar-refractivity contribution is 5.95. The van der Waals surface area contributed by atoms with Gasteiger partial charge in [0.15, 0.2) is 0 Å². The SMILES string of the molecule is CCCC(NC(C)C(=O)Nc1cc(F)ccc1C)C(=O)O. The van der Waals surface area contributed by atoms with Crippen molar-refractivity contribution in [3.63, 3.8) is 0 Å².